The van der Waals surface area contributed by atoms with E-state index >= 15 is 0 Å². The minimum Gasteiger partial charge on any atom is -0.478 e. The van der Waals surface area contributed by atoms with Crippen molar-refractivity contribution in [3.8, 4) is 0 Å². The summed E-state index contributed by atoms with van der Waals surface area (Å²) in [7, 11) is 0. The molecule has 0 aromatic heterocycles. The lowest BCUT2D eigenvalue weighted by molar-refractivity contribution is -0.384. The van der Waals surface area contributed by atoms with Gasteiger partial charge < -0.3 is 10.4 Å². The largest absolute Gasteiger partial charge is 0.478 e. The number of aromatic carboxylic acids is 1. The van der Waals surface area contributed by atoms with Crippen molar-refractivity contribution in [1.82, 2.24) is 0 Å². The molecular formula is C10H10N2O5S. The lowest BCUT2D eigenvalue weighted by atomic mass is 10.1. The number of thioether (sulfide) groups is 1. The number of nitro benzene ring substituents is 1. The highest BCUT2D eigenvalue weighted by atomic mass is 32.2. The molecule has 0 atom stereocenters. The fourth-order valence-corrected chi connectivity index (χ4v) is 1.58. The lowest BCUT2D eigenvalue weighted by Crippen LogP contribution is -2.16. The van der Waals surface area contributed by atoms with Gasteiger partial charge in [0, 0.05) is 12.1 Å². The number of hydrogen-bond donors (Lipinski definition) is 2. The summed E-state index contributed by atoms with van der Waals surface area (Å²) < 4.78 is 0. The average Bonchev–Trinajstić information content (AvgIpc) is 2.29. The van der Waals surface area contributed by atoms with Crippen molar-refractivity contribution < 1.29 is 19.6 Å². The molecule has 1 amide bonds. The van der Waals surface area contributed by atoms with E-state index in [2.05, 4.69) is 5.32 Å². The maximum atomic E-state index is 11.3. The Kier molecular flexibility index (Phi) is 4.67. The van der Waals surface area contributed by atoms with Crippen LogP contribution in [0.2, 0.25) is 0 Å². The Hall–Kier alpha value is -2.09. The van der Waals surface area contributed by atoms with Crippen LogP contribution in [0.1, 0.15) is 10.4 Å². The van der Waals surface area contributed by atoms with E-state index in [0.717, 1.165) is 12.1 Å². The van der Waals surface area contributed by atoms with Gasteiger partial charge in [-0.1, -0.05) is 0 Å². The third kappa shape index (κ3) is 3.45. The Morgan fingerprint density at radius 1 is 1.50 bits per heavy atom. The lowest BCUT2D eigenvalue weighted by Gasteiger charge is -2.07. The molecular weight excluding hydrogens is 260 g/mol. The number of carbonyl (C=O) groups excluding carboxylic acids is 1. The molecule has 0 aliphatic carbocycles. The van der Waals surface area contributed by atoms with Crippen molar-refractivity contribution in [2.45, 2.75) is 0 Å². The minimum atomic E-state index is -1.34. The summed E-state index contributed by atoms with van der Waals surface area (Å²) in [5.74, 6) is -1.52. The molecule has 0 radical (unpaired) electrons. The van der Waals surface area contributed by atoms with Crippen LogP contribution in [0.25, 0.3) is 0 Å². The molecule has 1 aromatic rings. The van der Waals surface area contributed by atoms with Gasteiger partial charge in [0.25, 0.3) is 5.69 Å². The van der Waals surface area contributed by atoms with Crippen molar-refractivity contribution in [2.75, 3.05) is 17.3 Å². The first-order valence-electron chi connectivity index (χ1n) is 4.76. The number of hydrogen-bond acceptors (Lipinski definition) is 5. The topological polar surface area (TPSA) is 110 Å². The molecule has 0 saturated carbocycles. The second-order valence-corrected chi connectivity index (χ2v) is 4.14. The molecule has 0 aliphatic heterocycles. The number of non-ortho nitro benzene ring substituents is 1. The second-order valence-electron chi connectivity index (χ2n) is 3.27. The first-order chi connectivity index (χ1) is 8.45. The van der Waals surface area contributed by atoms with Crippen LogP contribution in [0, 0.1) is 10.1 Å². The van der Waals surface area contributed by atoms with Crippen LogP contribution in [0.4, 0.5) is 11.4 Å². The summed E-state index contributed by atoms with van der Waals surface area (Å²) >= 11 is 1.28. The monoisotopic (exact) mass is 270 g/mol. The van der Waals surface area contributed by atoms with E-state index in [1.54, 1.807) is 6.26 Å². The quantitative estimate of drug-likeness (QED) is 0.621. The van der Waals surface area contributed by atoms with Crippen LogP contribution in [-0.2, 0) is 4.79 Å². The zero-order valence-electron chi connectivity index (χ0n) is 9.37. The third-order valence-corrected chi connectivity index (χ3v) is 2.54. The Morgan fingerprint density at radius 3 is 2.67 bits per heavy atom. The summed E-state index contributed by atoms with van der Waals surface area (Å²) in [4.78, 5) is 32.1. The van der Waals surface area contributed by atoms with Gasteiger partial charge in [0.15, 0.2) is 0 Å². The standard InChI is InChI=1S/C10H10N2O5S/c1-18-5-9(13)11-8-3-2-6(12(16)17)4-7(8)10(14)15/h2-4H,5H2,1H3,(H,11,13)(H,14,15). The van der Waals surface area contributed by atoms with Gasteiger partial charge in [-0.2, -0.15) is 11.8 Å². The maximum absolute atomic E-state index is 11.3. The summed E-state index contributed by atoms with van der Waals surface area (Å²) in [6.07, 6.45) is 1.73. The molecule has 18 heavy (non-hydrogen) atoms. The van der Waals surface area contributed by atoms with Crippen LogP contribution in [-0.4, -0.2) is 33.9 Å². The van der Waals surface area contributed by atoms with Gasteiger partial charge in [0.1, 0.15) is 0 Å². The predicted octanol–water partition coefficient (Wildman–Crippen LogP) is 1.59. The van der Waals surface area contributed by atoms with Crippen LogP contribution in [0.3, 0.4) is 0 Å². The molecule has 1 aromatic carbocycles. The molecule has 0 spiro atoms. The van der Waals surface area contributed by atoms with Crippen molar-refractivity contribution in [3.05, 3.63) is 33.9 Å². The molecule has 0 heterocycles. The number of carboxylic acid groups (broad SMARTS) is 1. The van der Waals surface area contributed by atoms with E-state index in [-0.39, 0.29) is 28.6 Å². The maximum Gasteiger partial charge on any atom is 0.338 e. The normalized spacial score (nSPS) is 9.83. The summed E-state index contributed by atoms with van der Waals surface area (Å²) in [6, 6.07) is 3.26. The van der Waals surface area contributed by atoms with Crippen molar-refractivity contribution >= 4 is 35.0 Å². The molecule has 0 unspecified atom stereocenters. The van der Waals surface area contributed by atoms with Gasteiger partial charge in [-0.15, -0.1) is 0 Å². The zero-order valence-corrected chi connectivity index (χ0v) is 10.2. The number of nitro groups is 1. The molecule has 96 valence electrons. The number of anilines is 1. The second kappa shape index (κ2) is 6.01. The van der Waals surface area contributed by atoms with Crippen LogP contribution < -0.4 is 5.32 Å². The number of amides is 1. The van der Waals surface area contributed by atoms with Crippen LogP contribution in [0.15, 0.2) is 18.2 Å². The molecule has 8 heteroatoms. The van der Waals surface area contributed by atoms with Crippen molar-refractivity contribution in [1.29, 1.82) is 0 Å². The zero-order chi connectivity index (χ0) is 13.7. The Bertz CT molecular complexity index is 503. The van der Waals surface area contributed by atoms with E-state index in [0.29, 0.717) is 0 Å². The molecule has 7 nitrogen and oxygen atoms in total. The summed E-state index contributed by atoms with van der Waals surface area (Å²) in [5.41, 5.74) is -0.596. The molecule has 1 rings (SSSR count). The molecule has 0 aliphatic rings. The van der Waals surface area contributed by atoms with E-state index in [1.807, 2.05) is 0 Å². The number of rotatable bonds is 5. The van der Waals surface area contributed by atoms with Gasteiger partial charge in [0.2, 0.25) is 5.91 Å². The van der Waals surface area contributed by atoms with E-state index in [1.165, 1.54) is 17.8 Å². The molecule has 0 fully saturated rings. The Balaban J connectivity index is 3.08. The van der Waals surface area contributed by atoms with Gasteiger partial charge in [-0.3, -0.25) is 14.9 Å². The van der Waals surface area contributed by atoms with E-state index < -0.39 is 10.9 Å². The number of nitrogens with zero attached hydrogens (tertiary/aromatic N) is 1. The Labute approximate surface area is 106 Å². The highest BCUT2D eigenvalue weighted by molar-refractivity contribution is 7.99. The van der Waals surface area contributed by atoms with Gasteiger partial charge in [-0.05, 0) is 12.3 Å². The third-order valence-electron chi connectivity index (χ3n) is 1.99. The highest BCUT2D eigenvalue weighted by Gasteiger charge is 2.17. The van der Waals surface area contributed by atoms with Crippen molar-refractivity contribution in [2.24, 2.45) is 0 Å². The first kappa shape index (κ1) is 14.0. The van der Waals surface area contributed by atoms with Gasteiger partial charge in [-0.25, -0.2) is 4.79 Å². The summed E-state index contributed by atoms with van der Waals surface area (Å²) in [6.45, 7) is 0. The van der Waals surface area contributed by atoms with Crippen LogP contribution >= 0.6 is 11.8 Å². The van der Waals surface area contributed by atoms with E-state index in [9.17, 15) is 19.7 Å². The van der Waals surface area contributed by atoms with E-state index in [4.69, 9.17) is 5.11 Å². The fourth-order valence-electron chi connectivity index (χ4n) is 1.25. The first-order valence-corrected chi connectivity index (χ1v) is 6.15. The van der Waals surface area contributed by atoms with Gasteiger partial charge >= 0.3 is 5.97 Å². The predicted molar refractivity (Wildman–Crippen MR) is 67.1 cm³/mol. The minimum absolute atomic E-state index is 0.0483. The fraction of sp³-hybridized carbons (Fsp3) is 0.200. The number of carboxylic acids is 1. The molecule has 0 bridgehead atoms. The number of carbonyl (C=O) groups is 2. The SMILES string of the molecule is CSCC(=O)Nc1ccc([N+](=O)[O-])cc1C(=O)O. The summed E-state index contributed by atoms with van der Waals surface area (Å²) in [5, 5.41) is 21.9. The number of benzene rings is 1. The van der Waals surface area contributed by atoms with Gasteiger partial charge in [0.05, 0.1) is 21.9 Å². The van der Waals surface area contributed by atoms with Crippen LogP contribution in [0.5, 0.6) is 0 Å². The Morgan fingerprint density at radius 2 is 2.17 bits per heavy atom. The smallest absolute Gasteiger partial charge is 0.338 e. The molecule has 2 N–H and O–H groups in total. The number of nitrogens with one attached hydrogen (secondary N) is 1. The molecule has 0 saturated heterocycles. The van der Waals surface area contributed by atoms with Crippen molar-refractivity contribution in [3.63, 3.8) is 0 Å². The average molecular weight is 270 g/mol. The highest BCUT2D eigenvalue weighted by Crippen LogP contribution is 2.22.